The monoisotopic (exact) mass is 498 g/mol. The van der Waals surface area contributed by atoms with E-state index in [9.17, 15) is 19.5 Å². The third kappa shape index (κ3) is 3.05. The highest BCUT2D eigenvalue weighted by molar-refractivity contribution is 5.84. The van der Waals surface area contributed by atoms with Crippen molar-refractivity contribution in [3.8, 4) is 11.4 Å². The van der Waals surface area contributed by atoms with Gasteiger partial charge in [-0.25, -0.2) is 14.2 Å². The minimum atomic E-state index is -1.97. The highest BCUT2D eigenvalue weighted by Gasteiger charge is 2.45. The third-order valence-electron chi connectivity index (χ3n) is 7.31. The van der Waals surface area contributed by atoms with Crippen LogP contribution in [0.25, 0.3) is 23.3 Å². The van der Waals surface area contributed by atoms with Crippen molar-refractivity contribution in [1.82, 2.24) is 14.9 Å². The Hall–Kier alpha value is -3.45. The van der Waals surface area contributed by atoms with Gasteiger partial charge in [-0.15, -0.1) is 0 Å². The number of ether oxygens (including phenoxy) is 3. The number of halogens is 1. The molecule has 1 aliphatic carbocycles. The second-order valence-electron chi connectivity index (χ2n) is 9.11. The topological polar surface area (TPSA) is 155 Å². The molecule has 36 heavy (non-hydrogen) atoms. The number of nitrogens with zero attached hydrogens (tertiary/aromatic N) is 2. The van der Waals surface area contributed by atoms with Crippen molar-refractivity contribution in [2.45, 2.75) is 50.8 Å². The van der Waals surface area contributed by atoms with Crippen molar-refractivity contribution in [1.29, 1.82) is 0 Å². The summed E-state index contributed by atoms with van der Waals surface area (Å²) in [5.74, 6) is -1.82. The van der Waals surface area contributed by atoms with Crippen LogP contribution < -0.4 is 27.2 Å². The van der Waals surface area contributed by atoms with Gasteiger partial charge in [-0.05, 0) is 24.1 Å². The first-order valence-electron chi connectivity index (χ1n) is 11.6. The quantitative estimate of drug-likeness (QED) is 0.350. The average Bonchev–Trinajstić information content (AvgIpc) is 3.49. The zero-order valence-corrected chi connectivity index (χ0v) is 19.3. The first kappa shape index (κ1) is 23.0. The van der Waals surface area contributed by atoms with Crippen molar-refractivity contribution < 1.29 is 33.3 Å². The Bertz CT molecular complexity index is 1530. The number of pyridine rings is 2. The molecule has 4 aliphatic rings. The van der Waals surface area contributed by atoms with E-state index in [0.717, 1.165) is 0 Å². The molecule has 2 aromatic rings. The number of rotatable bonds is 4. The Labute approximate surface area is 203 Å². The van der Waals surface area contributed by atoms with Crippen molar-refractivity contribution in [3.05, 3.63) is 49.2 Å². The number of cyclic esters (lactones) is 1. The molecular weight excluding hydrogens is 475 g/mol. The van der Waals surface area contributed by atoms with Crippen LogP contribution in [0.1, 0.15) is 35.6 Å². The van der Waals surface area contributed by atoms with Crippen molar-refractivity contribution in [2.75, 3.05) is 13.3 Å². The van der Waals surface area contributed by atoms with Gasteiger partial charge in [0.2, 0.25) is 5.91 Å². The van der Waals surface area contributed by atoms with Gasteiger partial charge in [0.15, 0.2) is 5.60 Å². The first-order valence-corrected chi connectivity index (χ1v) is 11.6. The molecule has 3 atom stereocenters. The standard InChI is InChI=1S/C24H23FN4O7/c1-2-24(33)13-3-15-20-11(7-29(15)22(31)12(13)8-34-23(24)32)10(6-27-17(30)5-26)18-14(28-20)4-16-21(19(18)25)36-9-35-16/h3-4,16,21,33H,2,5-9,26H2,1H3,(H,27,30)/t16?,21?,24-/m0/s1. The van der Waals surface area contributed by atoms with Crippen molar-refractivity contribution in [2.24, 2.45) is 5.73 Å². The third-order valence-corrected chi connectivity index (χ3v) is 7.31. The summed E-state index contributed by atoms with van der Waals surface area (Å²) >= 11 is 0. The van der Waals surface area contributed by atoms with E-state index in [1.54, 1.807) is 19.1 Å². The number of esters is 1. The lowest BCUT2D eigenvalue weighted by atomic mass is 9.86. The second-order valence-corrected chi connectivity index (χ2v) is 9.11. The molecule has 0 bridgehead atoms. The van der Waals surface area contributed by atoms with Crippen LogP contribution in [-0.2, 0) is 49.1 Å². The number of hydrogen-bond acceptors (Lipinski definition) is 9. The van der Waals surface area contributed by atoms with Gasteiger partial charge in [0.05, 0.1) is 35.4 Å². The zero-order valence-electron chi connectivity index (χ0n) is 19.3. The molecular formula is C24H23FN4O7. The van der Waals surface area contributed by atoms with Gasteiger partial charge in [0.1, 0.15) is 31.4 Å². The largest absolute Gasteiger partial charge is 0.458 e. The van der Waals surface area contributed by atoms with Gasteiger partial charge < -0.3 is 34.9 Å². The van der Waals surface area contributed by atoms with E-state index in [2.05, 4.69) is 10.3 Å². The Kier molecular flexibility index (Phi) is 5.13. The van der Waals surface area contributed by atoms with Crippen LogP contribution in [0.5, 0.6) is 0 Å². The molecule has 4 N–H and O–H groups in total. The van der Waals surface area contributed by atoms with Crippen molar-refractivity contribution in [3.63, 3.8) is 0 Å². The summed E-state index contributed by atoms with van der Waals surface area (Å²) < 4.78 is 33.1. The SMILES string of the molecule is CC[C@@]1(O)C(=O)OCc2c1cc1n(c2=O)Cc2c-1nc1c(c2CNC(=O)CN)=C(F)C2OCOC2C=1. The van der Waals surface area contributed by atoms with Gasteiger partial charge in [0.25, 0.3) is 5.56 Å². The lowest BCUT2D eigenvalue weighted by molar-refractivity contribution is -0.172. The zero-order chi connectivity index (χ0) is 25.4. The molecule has 0 radical (unpaired) electrons. The van der Waals surface area contributed by atoms with Gasteiger partial charge in [-0.3, -0.25) is 9.59 Å². The number of hydrogen-bond donors (Lipinski definition) is 3. The van der Waals surface area contributed by atoms with Gasteiger partial charge in [-0.1, -0.05) is 6.92 Å². The van der Waals surface area contributed by atoms with Crippen LogP contribution in [0.15, 0.2) is 10.9 Å². The molecule has 0 spiro atoms. The minimum Gasteiger partial charge on any atom is -0.458 e. The molecule has 1 fully saturated rings. The van der Waals surface area contributed by atoms with Crippen LogP contribution in [0.2, 0.25) is 0 Å². The number of carbonyl (C=O) groups is 2. The molecule has 0 saturated carbocycles. The van der Waals surface area contributed by atoms with Gasteiger partial charge in [0, 0.05) is 22.9 Å². The normalized spacial score (nSPS) is 25.2. The maximum Gasteiger partial charge on any atom is 0.343 e. The summed E-state index contributed by atoms with van der Waals surface area (Å²) in [5, 5.41) is 14.2. The number of amides is 1. The Balaban J connectivity index is 1.62. The summed E-state index contributed by atoms with van der Waals surface area (Å²) in [5.41, 5.74) is 5.15. The van der Waals surface area contributed by atoms with Crippen LogP contribution >= 0.6 is 0 Å². The molecule has 2 aromatic heterocycles. The number of carbonyl (C=O) groups excluding carboxylic acids is 2. The molecule has 0 aromatic carbocycles. The summed E-state index contributed by atoms with van der Waals surface area (Å²) in [6.07, 6.45) is 0.0740. The summed E-state index contributed by atoms with van der Waals surface area (Å²) in [7, 11) is 0. The molecule has 6 rings (SSSR count). The first-order chi connectivity index (χ1) is 17.3. The Morgan fingerprint density at radius 2 is 2.17 bits per heavy atom. The lowest BCUT2D eigenvalue weighted by Crippen LogP contribution is -2.45. The fourth-order valence-corrected chi connectivity index (χ4v) is 5.35. The predicted octanol–water partition coefficient (Wildman–Crippen LogP) is -1.89. The smallest absolute Gasteiger partial charge is 0.343 e. The number of nitrogens with one attached hydrogen (secondary N) is 1. The maximum absolute atomic E-state index is 15.7. The molecule has 188 valence electrons. The Morgan fingerprint density at radius 3 is 2.92 bits per heavy atom. The minimum absolute atomic E-state index is 0.0108. The predicted molar refractivity (Wildman–Crippen MR) is 121 cm³/mol. The molecule has 2 unspecified atom stereocenters. The highest BCUT2D eigenvalue weighted by atomic mass is 19.1. The van der Waals surface area contributed by atoms with Crippen LogP contribution in [0.3, 0.4) is 0 Å². The van der Waals surface area contributed by atoms with E-state index in [1.807, 2.05) is 0 Å². The van der Waals surface area contributed by atoms with Gasteiger partial charge >= 0.3 is 5.97 Å². The number of nitrogens with two attached hydrogens (primary N) is 1. The van der Waals surface area contributed by atoms with E-state index in [4.69, 9.17) is 19.9 Å². The van der Waals surface area contributed by atoms with E-state index in [0.29, 0.717) is 27.9 Å². The molecule has 11 nitrogen and oxygen atoms in total. The number of aliphatic hydroxyl groups is 1. The molecule has 3 aliphatic heterocycles. The van der Waals surface area contributed by atoms with E-state index >= 15 is 4.39 Å². The number of aromatic nitrogens is 2. The fourth-order valence-electron chi connectivity index (χ4n) is 5.35. The second kappa shape index (κ2) is 8.03. The molecule has 5 heterocycles. The lowest BCUT2D eigenvalue weighted by Gasteiger charge is -2.31. The number of fused-ring (bicyclic) bond motifs is 6. The van der Waals surface area contributed by atoms with E-state index < -0.39 is 41.1 Å². The molecule has 1 amide bonds. The van der Waals surface area contributed by atoms with Crippen molar-refractivity contribution >= 4 is 23.8 Å². The molecule has 12 heteroatoms. The molecule has 1 saturated heterocycles. The van der Waals surface area contributed by atoms with Crippen LogP contribution in [0.4, 0.5) is 4.39 Å². The van der Waals surface area contributed by atoms with E-state index in [-0.39, 0.29) is 55.8 Å². The van der Waals surface area contributed by atoms with Crippen LogP contribution in [0, 0.1) is 0 Å². The highest BCUT2D eigenvalue weighted by Crippen LogP contribution is 2.38. The Morgan fingerprint density at radius 1 is 1.36 bits per heavy atom. The summed E-state index contributed by atoms with van der Waals surface area (Å²) in [6.45, 7) is 1.06. The average molecular weight is 498 g/mol. The van der Waals surface area contributed by atoms with Crippen LogP contribution in [-0.4, -0.2) is 52.1 Å². The van der Waals surface area contributed by atoms with Gasteiger partial charge in [-0.2, -0.15) is 0 Å². The summed E-state index contributed by atoms with van der Waals surface area (Å²) in [6, 6.07) is 1.58. The summed E-state index contributed by atoms with van der Waals surface area (Å²) in [4.78, 5) is 42.5. The van der Waals surface area contributed by atoms with E-state index in [1.165, 1.54) is 4.57 Å². The fraction of sp³-hybridized carbons (Fsp3) is 0.417. The maximum atomic E-state index is 15.7.